The Morgan fingerprint density at radius 2 is 2.07 bits per heavy atom. The second kappa shape index (κ2) is 4.47. The number of anilines is 1. The first-order valence-corrected chi connectivity index (χ1v) is 5.33. The Balaban J connectivity index is 1.96. The van der Waals surface area contributed by atoms with Crippen molar-refractivity contribution in [2.45, 2.75) is 6.92 Å². The van der Waals surface area contributed by atoms with Crippen molar-refractivity contribution >= 4 is 5.69 Å². The third-order valence-corrected chi connectivity index (χ3v) is 2.88. The van der Waals surface area contributed by atoms with Crippen molar-refractivity contribution in [3.8, 4) is 0 Å². The summed E-state index contributed by atoms with van der Waals surface area (Å²) in [6.45, 7) is 8.06. The second-order valence-corrected chi connectivity index (χ2v) is 3.68. The Labute approximate surface area is 86.1 Å². The minimum atomic E-state index is 1.14. The monoisotopic (exact) mass is 189 g/mol. The van der Waals surface area contributed by atoms with Crippen LogP contribution in [-0.2, 0) is 0 Å². The van der Waals surface area contributed by atoms with Gasteiger partial charge in [-0.1, -0.05) is 19.1 Å². The highest BCUT2D eigenvalue weighted by molar-refractivity contribution is 5.45. The van der Waals surface area contributed by atoms with E-state index in [0.29, 0.717) is 0 Å². The largest absolute Gasteiger partial charge is 0.369 e. The summed E-state index contributed by atoms with van der Waals surface area (Å²) in [4.78, 5) is 4.92. The molecule has 1 saturated heterocycles. The van der Waals surface area contributed by atoms with Crippen molar-refractivity contribution in [1.29, 1.82) is 0 Å². The van der Waals surface area contributed by atoms with Crippen LogP contribution in [0.4, 0.5) is 5.69 Å². The molecule has 0 unspecified atom stereocenters. The average molecular weight is 189 g/mol. The molecule has 1 radical (unpaired) electrons. The van der Waals surface area contributed by atoms with E-state index in [0.717, 1.165) is 13.1 Å². The van der Waals surface area contributed by atoms with E-state index in [1.807, 2.05) is 6.07 Å². The second-order valence-electron chi connectivity index (χ2n) is 3.68. The summed E-state index contributed by atoms with van der Waals surface area (Å²) in [5, 5.41) is 0. The molecular formula is C12H17N2. The van der Waals surface area contributed by atoms with E-state index in [2.05, 4.69) is 41.0 Å². The standard InChI is InChI=1S/C12H17N2/c1-2-13-8-10-14(11-9-13)12-6-4-3-5-7-12/h3-4,6-7H,2,8-11H2,1H3. The van der Waals surface area contributed by atoms with Crippen molar-refractivity contribution in [3.63, 3.8) is 0 Å². The number of hydrogen-bond donors (Lipinski definition) is 0. The maximum atomic E-state index is 3.13. The highest BCUT2D eigenvalue weighted by Gasteiger charge is 2.14. The summed E-state index contributed by atoms with van der Waals surface area (Å²) in [6.07, 6.45) is 0. The molecule has 1 fully saturated rings. The zero-order valence-corrected chi connectivity index (χ0v) is 8.74. The molecule has 0 aliphatic carbocycles. The predicted octanol–water partition coefficient (Wildman–Crippen LogP) is 1.63. The van der Waals surface area contributed by atoms with Crippen LogP contribution in [0.1, 0.15) is 6.92 Å². The van der Waals surface area contributed by atoms with Gasteiger partial charge in [-0.25, -0.2) is 0 Å². The topological polar surface area (TPSA) is 6.48 Å². The molecule has 1 aliphatic heterocycles. The molecule has 2 nitrogen and oxygen atoms in total. The normalized spacial score (nSPS) is 18.5. The van der Waals surface area contributed by atoms with Gasteiger partial charge in [0, 0.05) is 31.9 Å². The van der Waals surface area contributed by atoms with Crippen molar-refractivity contribution in [2.24, 2.45) is 0 Å². The van der Waals surface area contributed by atoms with Crippen LogP contribution < -0.4 is 4.90 Å². The average Bonchev–Trinajstić information content (AvgIpc) is 2.30. The van der Waals surface area contributed by atoms with Gasteiger partial charge in [0.2, 0.25) is 0 Å². The lowest BCUT2D eigenvalue weighted by atomic mass is 10.2. The van der Waals surface area contributed by atoms with Gasteiger partial charge < -0.3 is 9.80 Å². The third-order valence-electron chi connectivity index (χ3n) is 2.88. The van der Waals surface area contributed by atoms with Gasteiger partial charge in [0.15, 0.2) is 0 Å². The lowest BCUT2D eigenvalue weighted by Crippen LogP contribution is -2.46. The SMILES string of the molecule is CCN1CCN(c2c[c]ccc2)CC1. The minimum absolute atomic E-state index is 1.14. The minimum Gasteiger partial charge on any atom is -0.369 e. The zero-order chi connectivity index (χ0) is 9.80. The summed E-state index contributed by atoms with van der Waals surface area (Å²) in [6, 6.07) is 11.4. The summed E-state index contributed by atoms with van der Waals surface area (Å²) < 4.78 is 0. The number of hydrogen-bond acceptors (Lipinski definition) is 2. The highest BCUT2D eigenvalue weighted by atomic mass is 15.3. The fraction of sp³-hybridized carbons (Fsp3) is 0.500. The molecule has 0 saturated carbocycles. The Bertz CT molecular complexity index is 263. The van der Waals surface area contributed by atoms with Crippen LogP contribution in [0.2, 0.25) is 0 Å². The molecule has 0 N–H and O–H groups in total. The van der Waals surface area contributed by atoms with Crippen LogP contribution in [0.5, 0.6) is 0 Å². The van der Waals surface area contributed by atoms with Crippen molar-refractivity contribution in [1.82, 2.24) is 4.90 Å². The zero-order valence-electron chi connectivity index (χ0n) is 8.74. The maximum absolute atomic E-state index is 3.13. The quantitative estimate of drug-likeness (QED) is 0.697. The fourth-order valence-corrected chi connectivity index (χ4v) is 1.90. The third kappa shape index (κ3) is 2.07. The van der Waals surface area contributed by atoms with Gasteiger partial charge in [-0.2, -0.15) is 0 Å². The number of piperazine rings is 1. The van der Waals surface area contributed by atoms with Crippen LogP contribution in [0.3, 0.4) is 0 Å². The summed E-state index contributed by atoms with van der Waals surface area (Å²) in [5.74, 6) is 0. The van der Waals surface area contributed by atoms with Gasteiger partial charge in [0.25, 0.3) is 0 Å². The molecule has 75 valence electrons. The fourth-order valence-electron chi connectivity index (χ4n) is 1.90. The molecule has 1 aromatic carbocycles. The maximum Gasteiger partial charge on any atom is 0.0373 e. The molecule has 1 aromatic rings. The van der Waals surface area contributed by atoms with E-state index in [4.69, 9.17) is 0 Å². The smallest absolute Gasteiger partial charge is 0.0373 e. The van der Waals surface area contributed by atoms with Crippen LogP contribution in [0.25, 0.3) is 0 Å². The molecule has 0 spiro atoms. The molecule has 1 heterocycles. The van der Waals surface area contributed by atoms with E-state index in [1.54, 1.807) is 0 Å². The Hall–Kier alpha value is -1.02. The number of rotatable bonds is 2. The van der Waals surface area contributed by atoms with Crippen LogP contribution in [0, 0.1) is 6.07 Å². The first-order chi connectivity index (χ1) is 6.90. The van der Waals surface area contributed by atoms with E-state index in [1.165, 1.54) is 25.3 Å². The first-order valence-electron chi connectivity index (χ1n) is 5.33. The van der Waals surface area contributed by atoms with Crippen LogP contribution in [-0.4, -0.2) is 37.6 Å². The molecule has 2 heteroatoms. The summed E-state index contributed by atoms with van der Waals surface area (Å²) >= 11 is 0. The lowest BCUT2D eigenvalue weighted by Gasteiger charge is -2.35. The van der Waals surface area contributed by atoms with Crippen molar-refractivity contribution in [3.05, 3.63) is 30.3 Å². The Morgan fingerprint density at radius 3 is 2.64 bits per heavy atom. The van der Waals surface area contributed by atoms with Gasteiger partial charge in [0.1, 0.15) is 0 Å². The molecule has 0 atom stereocenters. The predicted molar refractivity (Wildman–Crippen MR) is 59.6 cm³/mol. The number of likely N-dealkylation sites (N-methyl/N-ethyl adjacent to an activating group) is 1. The first kappa shape index (κ1) is 9.53. The lowest BCUT2D eigenvalue weighted by molar-refractivity contribution is 0.271. The number of benzene rings is 1. The van der Waals surface area contributed by atoms with Gasteiger partial charge in [-0.15, -0.1) is 0 Å². The number of nitrogens with zero attached hydrogens (tertiary/aromatic N) is 2. The molecule has 2 rings (SSSR count). The van der Waals surface area contributed by atoms with Gasteiger partial charge in [0.05, 0.1) is 0 Å². The molecule has 0 bridgehead atoms. The van der Waals surface area contributed by atoms with E-state index < -0.39 is 0 Å². The highest BCUT2D eigenvalue weighted by Crippen LogP contribution is 2.14. The van der Waals surface area contributed by atoms with Crippen LogP contribution >= 0.6 is 0 Å². The van der Waals surface area contributed by atoms with Crippen molar-refractivity contribution < 1.29 is 0 Å². The molecule has 1 aliphatic rings. The molecular weight excluding hydrogens is 172 g/mol. The Kier molecular flexibility index (Phi) is 3.04. The summed E-state index contributed by atoms with van der Waals surface area (Å²) in [5.41, 5.74) is 1.31. The van der Waals surface area contributed by atoms with Gasteiger partial charge >= 0.3 is 0 Å². The van der Waals surface area contributed by atoms with Crippen molar-refractivity contribution in [2.75, 3.05) is 37.6 Å². The van der Waals surface area contributed by atoms with Crippen LogP contribution in [0.15, 0.2) is 24.3 Å². The van der Waals surface area contributed by atoms with E-state index in [-0.39, 0.29) is 0 Å². The van der Waals surface area contributed by atoms with E-state index in [9.17, 15) is 0 Å². The molecule has 0 amide bonds. The Morgan fingerprint density at radius 1 is 1.29 bits per heavy atom. The molecule has 14 heavy (non-hydrogen) atoms. The molecule has 0 aromatic heterocycles. The van der Waals surface area contributed by atoms with E-state index >= 15 is 0 Å². The summed E-state index contributed by atoms with van der Waals surface area (Å²) in [7, 11) is 0. The van der Waals surface area contributed by atoms with Gasteiger partial charge in [-0.05, 0) is 24.7 Å². The van der Waals surface area contributed by atoms with Gasteiger partial charge in [-0.3, -0.25) is 0 Å².